The maximum absolute atomic E-state index is 10.6. The first-order valence-electron chi connectivity index (χ1n) is 2.96. The molecular weight excluding hydrogens is 164 g/mol. The molecule has 0 aliphatic rings. The first-order valence-corrected chi connectivity index (χ1v) is 4.40. The molecule has 0 spiro atoms. The van der Waals surface area contributed by atoms with Gasteiger partial charge >= 0.3 is 0 Å². The van der Waals surface area contributed by atoms with E-state index in [1.165, 1.54) is 18.2 Å². The molecule has 0 saturated heterocycles. The van der Waals surface area contributed by atoms with Crippen molar-refractivity contribution in [3.8, 4) is 0 Å². The molecule has 0 aliphatic heterocycles. The molecule has 4 heteroatoms. The van der Waals surface area contributed by atoms with Gasteiger partial charge in [0.05, 0.1) is 4.90 Å². The van der Waals surface area contributed by atoms with Gasteiger partial charge in [-0.2, -0.15) is 8.42 Å². The van der Waals surface area contributed by atoms with Crippen molar-refractivity contribution in [1.82, 2.24) is 0 Å². The molecule has 3 nitrogen and oxygen atoms in total. The maximum atomic E-state index is 10.6. The third kappa shape index (κ3) is 1.78. The normalized spacial score (nSPS) is 11.5. The van der Waals surface area contributed by atoms with Crippen LogP contribution in [-0.2, 0) is 10.1 Å². The van der Waals surface area contributed by atoms with E-state index in [0.29, 0.717) is 5.56 Å². The molecule has 0 saturated carbocycles. The fourth-order valence-corrected chi connectivity index (χ4v) is 1.49. The number of hydrogen-bond donors (Lipinski definition) is 1. The van der Waals surface area contributed by atoms with Crippen molar-refractivity contribution in [3.05, 3.63) is 29.8 Å². The van der Waals surface area contributed by atoms with Crippen molar-refractivity contribution in [2.75, 3.05) is 0 Å². The van der Waals surface area contributed by atoms with Crippen LogP contribution in [0.4, 0.5) is 0 Å². The largest absolute Gasteiger partial charge is 0.294 e. The summed E-state index contributed by atoms with van der Waals surface area (Å²) < 4.78 is 29.8. The molecule has 0 aliphatic carbocycles. The second kappa shape index (κ2) is 2.64. The second-order valence-electron chi connectivity index (χ2n) is 2.17. The second-order valence-corrected chi connectivity index (χ2v) is 3.56. The Hall–Kier alpha value is -0.870. The summed E-state index contributed by atoms with van der Waals surface area (Å²) in [6.07, 6.45) is 0. The average Bonchev–Trinajstić information content (AvgIpc) is 1.86. The van der Waals surface area contributed by atoms with Gasteiger partial charge in [-0.05, 0) is 24.6 Å². The molecule has 59 valence electrons. The highest BCUT2D eigenvalue weighted by atomic mass is 32.2. The number of benzene rings is 1. The molecule has 1 aromatic carbocycles. The van der Waals surface area contributed by atoms with E-state index in [0.717, 1.165) is 0 Å². The third-order valence-corrected chi connectivity index (χ3v) is 2.31. The summed E-state index contributed by atoms with van der Waals surface area (Å²) in [5.74, 6) is 0. The summed E-state index contributed by atoms with van der Waals surface area (Å²) in [7, 11) is -4.05. The molecule has 1 rings (SSSR count). The minimum Gasteiger partial charge on any atom is -0.282 e. The Morgan fingerprint density at radius 3 is 2.55 bits per heavy atom. The topological polar surface area (TPSA) is 54.4 Å². The van der Waals surface area contributed by atoms with E-state index in [9.17, 15) is 8.42 Å². The lowest BCUT2D eigenvalue weighted by Gasteiger charge is -1.98. The Morgan fingerprint density at radius 2 is 2.18 bits per heavy atom. The molecule has 1 aromatic rings. The zero-order chi connectivity index (χ0) is 8.48. The number of hydrogen-bond acceptors (Lipinski definition) is 2. The Kier molecular flexibility index (Phi) is 1.97. The molecule has 1 radical (unpaired) electrons. The first-order chi connectivity index (χ1) is 5.02. The van der Waals surface area contributed by atoms with Crippen LogP contribution in [0, 0.1) is 13.0 Å². The van der Waals surface area contributed by atoms with Gasteiger partial charge in [-0.3, -0.25) is 4.55 Å². The zero-order valence-electron chi connectivity index (χ0n) is 5.90. The van der Waals surface area contributed by atoms with Gasteiger partial charge in [0, 0.05) is 0 Å². The summed E-state index contributed by atoms with van der Waals surface area (Å²) in [5, 5.41) is 0. The van der Waals surface area contributed by atoms with Crippen LogP contribution in [0.2, 0.25) is 0 Å². The summed E-state index contributed by atoms with van der Waals surface area (Å²) in [4.78, 5) is -0.0590. The van der Waals surface area contributed by atoms with Gasteiger partial charge in [0.25, 0.3) is 10.1 Å². The molecule has 0 aromatic heterocycles. The van der Waals surface area contributed by atoms with Crippen LogP contribution in [0.25, 0.3) is 0 Å². The van der Waals surface area contributed by atoms with Crippen molar-refractivity contribution in [2.24, 2.45) is 0 Å². The van der Waals surface area contributed by atoms with Crippen LogP contribution in [0.15, 0.2) is 23.1 Å². The summed E-state index contributed by atoms with van der Waals surface area (Å²) in [5.41, 5.74) is 0.495. The van der Waals surface area contributed by atoms with Crippen molar-refractivity contribution in [3.63, 3.8) is 0 Å². The molecule has 1 N–H and O–H groups in total. The Bertz CT molecular complexity index is 354. The molecule has 11 heavy (non-hydrogen) atoms. The zero-order valence-corrected chi connectivity index (χ0v) is 6.72. The lowest BCUT2D eigenvalue weighted by atomic mass is 10.2. The van der Waals surface area contributed by atoms with E-state index in [4.69, 9.17) is 4.55 Å². The Balaban J connectivity index is 3.37. The maximum Gasteiger partial charge on any atom is 0.294 e. The van der Waals surface area contributed by atoms with Gasteiger partial charge in [-0.15, -0.1) is 0 Å². The fourth-order valence-electron chi connectivity index (χ4n) is 0.789. The van der Waals surface area contributed by atoms with Crippen molar-refractivity contribution in [1.29, 1.82) is 0 Å². The standard InChI is InChI=1S/C7H7O3S/c1-6-4-2-3-5-7(6)11(8,9)10/h3-5H,1H3,(H,8,9,10). The van der Waals surface area contributed by atoms with Crippen LogP contribution < -0.4 is 0 Å². The van der Waals surface area contributed by atoms with E-state index < -0.39 is 10.1 Å². The minimum atomic E-state index is -4.05. The van der Waals surface area contributed by atoms with Gasteiger partial charge in [0.15, 0.2) is 0 Å². The summed E-state index contributed by atoms with van der Waals surface area (Å²) >= 11 is 0. The van der Waals surface area contributed by atoms with E-state index in [2.05, 4.69) is 6.07 Å². The smallest absolute Gasteiger partial charge is 0.282 e. The molecule has 0 heterocycles. The van der Waals surface area contributed by atoms with Crippen molar-refractivity contribution < 1.29 is 13.0 Å². The van der Waals surface area contributed by atoms with Crippen LogP contribution in [0.1, 0.15) is 5.56 Å². The fraction of sp³-hybridized carbons (Fsp3) is 0.143. The summed E-state index contributed by atoms with van der Waals surface area (Å²) in [6, 6.07) is 6.95. The lowest BCUT2D eigenvalue weighted by molar-refractivity contribution is 0.482. The Morgan fingerprint density at radius 1 is 1.55 bits per heavy atom. The van der Waals surface area contributed by atoms with Gasteiger partial charge in [0.1, 0.15) is 0 Å². The first kappa shape index (κ1) is 8.23. The molecule has 0 fully saturated rings. The van der Waals surface area contributed by atoms with Crippen LogP contribution in [0.5, 0.6) is 0 Å². The lowest BCUT2D eigenvalue weighted by Crippen LogP contribution is -1.99. The quantitative estimate of drug-likeness (QED) is 0.642. The van der Waals surface area contributed by atoms with Crippen LogP contribution in [0.3, 0.4) is 0 Å². The van der Waals surface area contributed by atoms with Crippen LogP contribution in [-0.4, -0.2) is 13.0 Å². The van der Waals surface area contributed by atoms with Gasteiger partial charge < -0.3 is 0 Å². The summed E-state index contributed by atoms with van der Waals surface area (Å²) in [6.45, 7) is 1.60. The highest BCUT2D eigenvalue weighted by Gasteiger charge is 2.10. The number of aryl methyl sites for hydroxylation is 1. The highest BCUT2D eigenvalue weighted by molar-refractivity contribution is 7.85. The SMILES string of the molecule is Cc1c[c]ccc1S(=O)(=O)O. The predicted molar refractivity (Wildman–Crippen MR) is 39.8 cm³/mol. The molecular formula is C7H7O3S. The molecule has 0 unspecified atom stereocenters. The van der Waals surface area contributed by atoms with Gasteiger partial charge in [-0.25, -0.2) is 0 Å². The van der Waals surface area contributed by atoms with E-state index >= 15 is 0 Å². The average molecular weight is 171 g/mol. The van der Waals surface area contributed by atoms with Gasteiger partial charge in [-0.1, -0.05) is 12.1 Å². The van der Waals surface area contributed by atoms with Gasteiger partial charge in [0.2, 0.25) is 0 Å². The van der Waals surface area contributed by atoms with E-state index in [-0.39, 0.29) is 4.90 Å². The third-order valence-electron chi connectivity index (χ3n) is 1.30. The molecule has 0 atom stereocenters. The number of rotatable bonds is 1. The highest BCUT2D eigenvalue weighted by Crippen LogP contribution is 2.12. The Labute approximate surface area is 65.4 Å². The molecule has 0 bridgehead atoms. The minimum absolute atomic E-state index is 0.0590. The monoisotopic (exact) mass is 171 g/mol. The van der Waals surface area contributed by atoms with E-state index in [1.54, 1.807) is 6.92 Å². The van der Waals surface area contributed by atoms with E-state index in [1.807, 2.05) is 0 Å². The predicted octanol–water partition coefficient (Wildman–Crippen LogP) is 1.04. The van der Waals surface area contributed by atoms with Crippen molar-refractivity contribution in [2.45, 2.75) is 11.8 Å². The van der Waals surface area contributed by atoms with Crippen LogP contribution >= 0.6 is 0 Å². The van der Waals surface area contributed by atoms with Crippen molar-refractivity contribution >= 4 is 10.1 Å². The molecule has 0 amide bonds.